The molecule has 6 heteroatoms. The molecule has 0 radical (unpaired) electrons. The summed E-state index contributed by atoms with van der Waals surface area (Å²) in [7, 11) is -4.06. The van der Waals surface area contributed by atoms with E-state index in [1.165, 1.54) is 0 Å². The maximum absolute atomic E-state index is 13.3. The molecule has 140 valence electrons. The lowest BCUT2D eigenvalue weighted by molar-refractivity contribution is 0.269. The van der Waals surface area contributed by atoms with Crippen LogP contribution in [-0.2, 0) is 4.57 Å². The van der Waals surface area contributed by atoms with Crippen LogP contribution in [0.15, 0.2) is 108 Å². The molecule has 1 aromatic heterocycles. The largest absolute Gasteiger partial charge is 0.649 e. The lowest BCUT2D eigenvalue weighted by atomic mass is 10.2. The van der Waals surface area contributed by atoms with E-state index in [0.29, 0.717) is 17.3 Å². The summed E-state index contributed by atoms with van der Waals surface area (Å²) < 4.78 is 35.7. The van der Waals surface area contributed by atoms with Gasteiger partial charge in [0.25, 0.3) is 5.95 Å². The molecule has 5 nitrogen and oxygen atoms in total. The van der Waals surface area contributed by atoms with Crippen LogP contribution in [0.1, 0.15) is 0 Å². The lowest BCUT2D eigenvalue weighted by Gasteiger charge is -2.18. The Labute approximate surface area is 162 Å². The van der Waals surface area contributed by atoms with Gasteiger partial charge in [-0.05, 0) is 30.3 Å². The second-order valence-corrected chi connectivity index (χ2v) is 7.27. The minimum absolute atomic E-state index is 0.0362. The molecule has 0 N–H and O–H groups in total. The van der Waals surface area contributed by atoms with Gasteiger partial charge in [0.2, 0.25) is 0 Å². The van der Waals surface area contributed by atoms with Crippen LogP contribution < -0.4 is 13.6 Å². The van der Waals surface area contributed by atoms with E-state index in [-0.39, 0.29) is 5.95 Å². The van der Waals surface area contributed by atoms with E-state index >= 15 is 0 Å². The average Bonchev–Trinajstić information content (AvgIpc) is 3.18. The molecule has 0 saturated carbocycles. The molecule has 1 heterocycles. The zero-order valence-electron chi connectivity index (χ0n) is 14.8. The monoisotopic (exact) mass is 392 g/mol. The minimum Gasteiger partial charge on any atom is -0.425 e. The Morgan fingerprint density at radius 1 is 0.571 bits per heavy atom. The zero-order valence-corrected chi connectivity index (χ0v) is 15.7. The fourth-order valence-corrected chi connectivity index (χ4v) is 3.70. The van der Waals surface area contributed by atoms with E-state index in [2.05, 4.69) is 0 Å². The van der Waals surface area contributed by atoms with Gasteiger partial charge in [0.15, 0.2) is 0 Å². The third-order valence-electron chi connectivity index (χ3n) is 3.76. The molecule has 28 heavy (non-hydrogen) atoms. The molecule has 4 rings (SSSR count). The number of benzene rings is 3. The summed E-state index contributed by atoms with van der Waals surface area (Å²) in [6, 6.07) is 30.2. The highest BCUT2D eigenvalue weighted by Crippen LogP contribution is 2.50. The summed E-state index contributed by atoms with van der Waals surface area (Å²) in [5.74, 6) is 1.34. The van der Waals surface area contributed by atoms with E-state index in [4.69, 9.17) is 18.0 Å². The third-order valence-corrected chi connectivity index (χ3v) is 5.03. The molecule has 0 saturated heterocycles. The van der Waals surface area contributed by atoms with Gasteiger partial charge in [-0.2, -0.15) is 4.57 Å². The molecule has 0 unspecified atom stereocenters. The van der Waals surface area contributed by atoms with Crippen molar-refractivity contribution in [2.45, 2.75) is 0 Å². The SMILES string of the molecule is O=P(Oc1ccccc1)(Oc1ccccc1)Oc1ccc(-c2ccccc2)o1. The molecule has 0 atom stereocenters. The second kappa shape index (κ2) is 8.07. The molecule has 0 bridgehead atoms. The number of hydrogen-bond donors (Lipinski definition) is 0. The van der Waals surface area contributed by atoms with E-state index in [1.807, 2.05) is 42.5 Å². The summed E-state index contributed by atoms with van der Waals surface area (Å²) in [5.41, 5.74) is 0.875. The Kier molecular flexibility index (Phi) is 5.18. The number of para-hydroxylation sites is 2. The molecule has 0 spiro atoms. The summed E-state index contributed by atoms with van der Waals surface area (Å²) in [4.78, 5) is 0. The Balaban J connectivity index is 1.60. The van der Waals surface area contributed by atoms with Gasteiger partial charge in [-0.3, -0.25) is 0 Å². The van der Waals surface area contributed by atoms with Crippen molar-refractivity contribution in [2.24, 2.45) is 0 Å². The van der Waals surface area contributed by atoms with Crippen molar-refractivity contribution in [3.05, 3.63) is 103 Å². The van der Waals surface area contributed by atoms with Gasteiger partial charge in [0.05, 0.1) is 0 Å². The van der Waals surface area contributed by atoms with Crippen LogP contribution in [0, 0.1) is 0 Å². The van der Waals surface area contributed by atoms with Crippen LogP contribution in [0.3, 0.4) is 0 Å². The van der Waals surface area contributed by atoms with E-state index < -0.39 is 7.82 Å². The molecule has 0 aliphatic heterocycles. The number of phosphoric acid groups is 1. The number of hydrogen-bond acceptors (Lipinski definition) is 5. The fraction of sp³-hybridized carbons (Fsp3) is 0. The van der Waals surface area contributed by atoms with E-state index in [9.17, 15) is 4.57 Å². The van der Waals surface area contributed by atoms with Crippen molar-refractivity contribution in [3.63, 3.8) is 0 Å². The molecule has 0 aliphatic carbocycles. The maximum atomic E-state index is 13.3. The average molecular weight is 392 g/mol. The minimum atomic E-state index is -4.06. The summed E-state index contributed by atoms with van der Waals surface area (Å²) in [6.07, 6.45) is 0. The van der Waals surface area contributed by atoms with Crippen LogP contribution >= 0.6 is 7.82 Å². The topological polar surface area (TPSA) is 57.9 Å². The van der Waals surface area contributed by atoms with Gasteiger partial charge in [0, 0.05) is 11.6 Å². The van der Waals surface area contributed by atoms with Crippen molar-refractivity contribution in [2.75, 3.05) is 0 Å². The third kappa shape index (κ3) is 4.45. The normalized spacial score (nSPS) is 11.0. The van der Waals surface area contributed by atoms with Crippen LogP contribution in [0.4, 0.5) is 0 Å². The number of furan rings is 1. The fourth-order valence-electron chi connectivity index (χ4n) is 2.51. The summed E-state index contributed by atoms with van der Waals surface area (Å²) in [6.45, 7) is 0. The van der Waals surface area contributed by atoms with Crippen molar-refractivity contribution >= 4 is 7.82 Å². The van der Waals surface area contributed by atoms with Crippen LogP contribution in [0.2, 0.25) is 0 Å². The molecule has 0 amide bonds. The molecule has 3 aromatic carbocycles. The first-order chi connectivity index (χ1) is 13.7. The highest BCUT2D eigenvalue weighted by molar-refractivity contribution is 7.49. The Morgan fingerprint density at radius 2 is 1.07 bits per heavy atom. The van der Waals surface area contributed by atoms with Gasteiger partial charge in [0.1, 0.15) is 17.3 Å². The van der Waals surface area contributed by atoms with Crippen LogP contribution in [0.25, 0.3) is 11.3 Å². The first-order valence-corrected chi connectivity index (χ1v) is 10.1. The van der Waals surface area contributed by atoms with Gasteiger partial charge in [-0.15, -0.1) is 0 Å². The Morgan fingerprint density at radius 3 is 1.61 bits per heavy atom. The summed E-state index contributed by atoms with van der Waals surface area (Å²) in [5, 5.41) is 0. The van der Waals surface area contributed by atoms with Crippen molar-refractivity contribution in [1.82, 2.24) is 0 Å². The first-order valence-electron chi connectivity index (χ1n) is 8.64. The van der Waals surface area contributed by atoms with Crippen molar-refractivity contribution in [3.8, 4) is 28.8 Å². The molecule has 0 fully saturated rings. The van der Waals surface area contributed by atoms with Crippen molar-refractivity contribution < 1.29 is 22.6 Å². The van der Waals surface area contributed by atoms with Gasteiger partial charge >= 0.3 is 7.82 Å². The lowest BCUT2D eigenvalue weighted by Crippen LogP contribution is -2.07. The first kappa shape index (κ1) is 18.0. The van der Waals surface area contributed by atoms with E-state index in [1.54, 1.807) is 60.7 Å². The predicted molar refractivity (Wildman–Crippen MR) is 107 cm³/mol. The zero-order chi connectivity index (χ0) is 19.2. The summed E-state index contributed by atoms with van der Waals surface area (Å²) >= 11 is 0. The highest BCUT2D eigenvalue weighted by atomic mass is 31.2. The molecule has 4 aromatic rings. The predicted octanol–water partition coefficient (Wildman–Crippen LogP) is 6.59. The second-order valence-electron chi connectivity index (χ2n) is 5.83. The Bertz CT molecular complexity index is 1020. The van der Waals surface area contributed by atoms with E-state index in [0.717, 1.165) is 5.56 Å². The van der Waals surface area contributed by atoms with Gasteiger partial charge in [-0.25, -0.2) is 0 Å². The highest BCUT2D eigenvalue weighted by Gasteiger charge is 2.34. The molecular formula is C22H17O5P. The standard InChI is InChI=1S/C22H17O5P/c23-28(25-19-12-6-2-7-13-19,26-20-14-8-3-9-15-20)27-22-17-16-21(24-22)18-10-4-1-5-11-18/h1-17H. The maximum Gasteiger partial charge on any atom is 0.649 e. The molecular weight excluding hydrogens is 375 g/mol. The quantitative estimate of drug-likeness (QED) is 0.332. The van der Waals surface area contributed by atoms with Crippen molar-refractivity contribution in [1.29, 1.82) is 0 Å². The number of phosphoric ester groups is 1. The smallest absolute Gasteiger partial charge is 0.425 e. The van der Waals surface area contributed by atoms with Crippen LogP contribution in [-0.4, -0.2) is 0 Å². The Hall–Kier alpha value is -3.43. The molecule has 0 aliphatic rings. The van der Waals surface area contributed by atoms with Gasteiger partial charge in [-0.1, -0.05) is 66.7 Å². The van der Waals surface area contributed by atoms with Crippen LogP contribution in [0.5, 0.6) is 17.4 Å². The van der Waals surface area contributed by atoms with Gasteiger partial charge < -0.3 is 18.0 Å². The number of rotatable bonds is 7.